The van der Waals surface area contributed by atoms with Crippen LogP contribution in [-0.2, 0) is 20.9 Å². The third-order valence-corrected chi connectivity index (χ3v) is 4.37. The minimum Gasteiger partial charge on any atom is -0.481 e. The molecule has 2 rings (SSSR count). The zero-order chi connectivity index (χ0) is 18.4. The largest absolute Gasteiger partial charge is 0.481 e. The average Bonchev–Trinajstić information content (AvgIpc) is 2.94. The van der Waals surface area contributed by atoms with Crippen LogP contribution in [-0.4, -0.2) is 28.4 Å². The van der Waals surface area contributed by atoms with Gasteiger partial charge in [-0.3, -0.25) is 14.4 Å². The fraction of sp³-hybridized carbons (Fsp3) is 0.471. The molecule has 1 fully saturated rings. The summed E-state index contributed by atoms with van der Waals surface area (Å²) in [5, 5.41) is 14.1. The van der Waals surface area contributed by atoms with E-state index in [0.29, 0.717) is 19.3 Å². The predicted octanol–water partition coefficient (Wildman–Crippen LogP) is 1.87. The summed E-state index contributed by atoms with van der Waals surface area (Å²) in [6.45, 7) is -0.142. The van der Waals surface area contributed by atoms with Crippen molar-refractivity contribution < 1.29 is 28.3 Å². The molecule has 3 N–H and O–H groups in total. The van der Waals surface area contributed by atoms with Gasteiger partial charge in [0.15, 0.2) is 0 Å². The van der Waals surface area contributed by atoms with Crippen molar-refractivity contribution in [2.45, 2.75) is 50.6 Å². The van der Waals surface area contributed by atoms with Crippen LogP contribution in [0.15, 0.2) is 18.2 Å². The van der Waals surface area contributed by atoms with Crippen LogP contribution in [0.5, 0.6) is 0 Å². The monoisotopic (exact) mass is 354 g/mol. The van der Waals surface area contributed by atoms with Crippen LogP contribution in [0, 0.1) is 11.6 Å². The Hall–Kier alpha value is -2.51. The Morgan fingerprint density at radius 1 is 1.24 bits per heavy atom. The highest BCUT2D eigenvalue weighted by molar-refractivity contribution is 5.80. The summed E-state index contributed by atoms with van der Waals surface area (Å²) in [6, 6.07) is 3.00. The first-order valence-electron chi connectivity index (χ1n) is 8.03. The molecule has 0 radical (unpaired) electrons. The Labute approximate surface area is 143 Å². The molecule has 0 spiro atoms. The number of rotatable bonds is 8. The SMILES string of the molecule is O=C(O)CC[C@@]1(CCC(=O)NCc2cc(F)ccc2F)CCC(=O)N1. The topological polar surface area (TPSA) is 95.5 Å². The van der Waals surface area contributed by atoms with Crippen molar-refractivity contribution in [1.29, 1.82) is 0 Å². The highest BCUT2D eigenvalue weighted by atomic mass is 19.1. The van der Waals surface area contributed by atoms with Crippen molar-refractivity contribution >= 4 is 17.8 Å². The number of aliphatic carboxylic acids is 1. The Morgan fingerprint density at radius 3 is 2.60 bits per heavy atom. The van der Waals surface area contributed by atoms with E-state index in [-0.39, 0.29) is 43.2 Å². The molecule has 1 aromatic carbocycles. The first-order valence-corrected chi connectivity index (χ1v) is 8.03. The molecule has 8 heteroatoms. The maximum absolute atomic E-state index is 13.5. The number of amides is 2. The van der Waals surface area contributed by atoms with Crippen LogP contribution in [0.1, 0.15) is 44.1 Å². The fourth-order valence-corrected chi connectivity index (χ4v) is 2.93. The van der Waals surface area contributed by atoms with Gasteiger partial charge in [0.05, 0.1) is 0 Å². The van der Waals surface area contributed by atoms with Crippen LogP contribution in [0.25, 0.3) is 0 Å². The number of nitrogens with one attached hydrogen (secondary N) is 2. The van der Waals surface area contributed by atoms with E-state index in [1.54, 1.807) is 0 Å². The summed E-state index contributed by atoms with van der Waals surface area (Å²) >= 11 is 0. The standard InChI is InChI=1S/C17H20F2N2O4/c18-12-1-2-13(19)11(9-12)10-20-14(22)3-6-17(8-5-16(24)25)7-4-15(23)21-17/h1-2,9H,3-8,10H2,(H,20,22)(H,21,23)(H,24,25)/t17-/m1/s1. The lowest BCUT2D eigenvalue weighted by Gasteiger charge is -2.28. The molecule has 1 aromatic rings. The van der Waals surface area contributed by atoms with Crippen LogP contribution in [0.3, 0.4) is 0 Å². The molecule has 2 amide bonds. The number of benzene rings is 1. The number of carbonyl (C=O) groups is 3. The minimum atomic E-state index is -0.966. The predicted molar refractivity (Wildman–Crippen MR) is 84.4 cm³/mol. The van der Waals surface area contributed by atoms with E-state index in [1.165, 1.54) is 0 Å². The van der Waals surface area contributed by atoms with Gasteiger partial charge in [0.2, 0.25) is 11.8 Å². The van der Waals surface area contributed by atoms with Gasteiger partial charge in [0.1, 0.15) is 11.6 Å². The van der Waals surface area contributed by atoms with E-state index in [2.05, 4.69) is 10.6 Å². The molecule has 0 saturated carbocycles. The molecule has 136 valence electrons. The molecule has 0 bridgehead atoms. The van der Waals surface area contributed by atoms with Crippen LogP contribution < -0.4 is 10.6 Å². The highest BCUT2D eigenvalue weighted by Crippen LogP contribution is 2.30. The molecule has 1 atom stereocenters. The Balaban J connectivity index is 1.87. The zero-order valence-corrected chi connectivity index (χ0v) is 13.6. The van der Waals surface area contributed by atoms with Gasteiger partial charge in [0.25, 0.3) is 0 Å². The van der Waals surface area contributed by atoms with E-state index in [4.69, 9.17) is 5.11 Å². The lowest BCUT2D eigenvalue weighted by molar-refractivity contribution is -0.137. The quantitative estimate of drug-likeness (QED) is 0.664. The summed E-state index contributed by atoms with van der Waals surface area (Å²) in [7, 11) is 0. The second kappa shape index (κ2) is 8.04. The number of carbonyl (C=O) groups excluding carboxylic acids is 2. The number of halogens is 2. The summed E-state index contributed by atoms with van der Waals surface area (Å²) in [4.78, 5) is 34.2. The molecule has 25 heavy (non-hydrogen) atoms. The van der Waals surface area contributed by atoms with Crippen LogP contribution >= 0.6 is 0 Å². The van der Waals surface area contributed by atoms with Crippen LogP contribution in [0.2, 0.25) is 0 Å². The van der Waals surface area contributed by atoms with Crippen LogP contribution in [0.4, 0.5) is 8.78 Å². The van der Waals surface area contributed by atoms with Crippen molar-refractivity contribution in [2.75, 3.05) is 0 Å². The van der Waals surface area contributed by atoms with E-state index in [0.717, 1.165) is 18.2 Å². The van der Waals surface area contributed by atoms with E-state index < -0.39 is 23.1 Å². The fourth-order valence-electron chi connectivity index (χ4n) is 2.93. The summed E-state index contributed by atoms with van der Waals surface area (Å²) in [5.41, 5.74) is -0.653. The van der Waals surface area contributed by atoms with E-state index in [1.807, 2.05) is 0 Å². The first kappa shape index (κ1) is 18.8. The Bertz CT molecular complexity index is 681. The second-order valence-corrected chi connectivity index (χ2v) is 6.23. The first-order chi connectivity index (χ1) is 11.8. The third kappa shape index (κ3) is 5.51. The lowest BCUT2D eigenvalue weighted by atomic mass is 9.86. The Morgan fingerprint density at radius 2 is 1.96 bits per heavy atom. The van der Waals surface area contributed by atoms with Gasteiger partial charge in [0, 0.05) is 36.9 Å². The van der Waals surface area contributed by atoms with Crippen molar-refractivity contribution in [3.63, 3.8) is 0 Å². The maximum atomic E-state index is 13.5. The van der Waals surface area contributed by atoms with Gasteiger partial charge < -0.3 is 15.7 Å². The number of carboxylic acid groups (broad SMARTS) is 1. The smallest absolute Gasteiger partial charge is 0.303 e. The summed E-state index contributed by atoms with van der Waals surface area (Å²) < 4.78 is 26.6. The van der Waals surface area contributed by atoms with Gasteiger partial charge >= 0.3 is 5.97 Å². The maximum Gasteiger partial charge on any atom is 0.303 e. The normalized spacial score (nSPS) is 19.5. The van der Waals surface area contributed by atoms with Crippen molar-refractivity contribution in [1.82, 2.24) is 10.6 Å². The third-order valence-electron chi connectivity index (χ3n) is 4.37. The molecule has 0 aliphatic carbocycles. The van der Waals surface area contributed by atoms with E-state index >= 15 is 0 Å². The summed E-state index contributed by atoms with van der Waals surface area (Å²) in [5.74, 6) is -2.70. The van der Waals surface area contributed by atoms with Gasteiger partial charge in [-0.2, -0.15) is 0 Å². The minimum absolute atomic E-state index is 0.0445. The highest BCUT2D eigenvalue weighted by Gasteiger charge is 2.37. The van der Waals surface area contributed by atoms with Crippen molar-refractivity contribution in [3.05, 3.63) is 35.4 Å². The van der Waals surface area contributed by atoms with E-state index in [9.17, 15) is 23.2 Å². The van der Waals surface area contributed by atoms with Crippen molar-refractivity contribution in [2.24, 2.45) is 0 Å². The molecular formula is C17H20F2N2O4. The van der Waals surface area contributed by atoms with Crippen molar-refractivity contribution in [3.8, 4) is 0 Å². The molecule has 1 saturated heterocycles. The van der Waals surface area contributed by atoms with Gasteiger partial charge in [-0.25, -0.2) is 8.78 Å². The zero-order valence-electron chi connectivity index (χ0n) is 13.6. The molecule has 0 aromatic heterocycles. The summed E-state index contributed by atoms with van der Waals surface area (Å²) in [6.07, 6.45) is 1.28. The molecule has 1 aliphatic heterocycles. The molecule has 6 nitrogen and oxygen atoms in total. The van der Waals surface area contributed by atoms with Gasteiger partial charge in [-0.15, -0.1) is 0 Å². The Kier molecular flexibility index (Phi) is 6.06. The number of hydrogen-bond donors (Lipinski definition) is 3. The van der Waals surface area contributed by atoms with Gasteiger partial charge in [-0.05, 0) is 37.5 Å². The average molecular weight is 354 g/mol. The molecular weight excluding hydrogens is 334 g/mol. The number of hydrogen-bond acceptors (Lipinski definition) is 3. The molecule has 1 heterocycles. The molecule has 1 aliphatic rings. The second-order valence-electron chi connectivity index (χ2n) is 6.23. The number of carboxylic acids is 1. The lowest BCUT2D eigenvalue weighted by Crippen LogP contribution is -2.43. The van der Waals surface area contributed by atoms with Gasteiger partial charge in [-0.1, -0.05) is 0 Å². The molecule has 0 unspecified atom stereocenters.